The van der Waals surface area contributed by atoms with E-state index in [-0.39, 0.29) is 5.91 Å². The second-order valence-electron chi connectivity index (χ2n) is 6.58. The molecule has 0 aliphatic carbocycles. The second-order valence-corrected chi connectivity index (χ2v) is 6.58. The highest BCUT2D eigenvalue weighted by molar-refractivity contribution is 5.88. The molecule has 4 nitrogen and oxygen atoms in total. The molecule has 0 saturated carbocycles. The van der Waals surface area contributed by atoms with Crippen molar-refractivity contribution in [2.45, 2.75) is 53.7 Å². The smallest absolute Gasteiger partial charge is 0.249 e. The van der Waals surface area contributed by atoms with Crippen LogP contribution < -0.4 is 5.32 Å². The molecule has 0 unspecified atom stereocenters. The van der Waals surface area contributed by atoms with Crippen molar-refractivity contribution in [3.63, 3.8) is 0 Å². The van der Waals surface area contributed by atoms with E-state index in [0.717, 1.165) is 16.8 Å². The Morgan fingerprint density at radius 1 is 1.27 bits per heavy atom. The minimum Gasteiger partial charge on any atom is -0.383 e. The molecule has 3 N–H and O–H groups in total. The molecule has 0 aliphatic rings. The summed E-state index contributed by atoms with van der Waals surface area (Å²) in [7, 11) is 0. The molecule has 0 radical (unpaired) electrons. The van der Waals surface area contributed by atoms with E-state index in [1.165, 1.54) is 16.5 Å². The molecule has 4 heteroatoms. The third-order valence-corrected chi connectivity index (χ3v) is 4.09. The summed E-state index contributed by atoms with van der Waals surface area (Å²) >= 11 is 0. The Hall–Kier alpha value is -1.81. The van der Waals surface area contributed by atoms with Crippen molar-refractivity contribution in [3.8, 4) is 0 Å². The minimum atomic E-state index is -0.938. The number of benzene rings is 1. The monoisotopic (exact) mass is 302 g/mol. The zero-order valence-corrected chi connectivity index (χ0v) is 14.1. The van der Waals surface area contributed by atoms with Gasteiger partial charge >= 0.3 is 0 Å². The molecule has 2 aromatic rings. The molecule has 1 heterocycles. The van der Waals surface area contributed by atoms with Crippen LogP contribution in [0.1, 0.15) is 42.7 Å². The second kappa shape index (κ2) is 6.53. The van der Waals surface area contributed by atoms with Gasteiger partial charge in [-0.25, -0.2) is 0 Å². The summed E-state index contributed by atoms with van der Waals surface area (Å²) in [6.07, 6.45) is -0.456. The van der Waals surface area contributed by atoms with Crippen molar-refractivity contribution in [2.75, 3.05) is 0 Å². The number of amides is 1. The number of aromatic nitrogens is 1. The van der Waals surface area contributed by atoms with Gasteiger partial charge in [0, 0.05) is 17.6 Å². The number of carbonyl (C=O) groups excluding carboxylic acids is 1. The fourth-order valence-electron chi connectivity index (χ4n) is 2.78. The van der Waals surface area contributed by atoms with E-state index in [1.807, 2.05) is 13.8 Å². The molecule has 1 aromatic heterocycles. The van der Waals surface area contributed by atoms with Gasteiger partial charge in [-0.05, 0) is 50.3 Å². The normalized spacial score (nSPS) is 12.9. The van der Waals surface area contributed by atoms with Crippen molar-refractivity contribution in [3.05, 3.63) is 34.5 Å². The van der Waals surface area contributed by atoms with Crippen LogP contribution in [0.4, 0.5) is 0 Å². The number of H-pyrrole nitrogens is 1. The number of carbonyl (C=O) groups is 1. The summed E-state index contributed by atoms with van der Waals surface area (Å²) in [5.41, 5.74) is 5.68. The molecule has 0 aliphatic heterocycles. The fraction of sp³-hybridized carbons (Fsp3) is 0.500. The molecule has 0 bridgehead atoms. The molecular formula is C18H26N2O2. The lowest BCUT2D eigenvalue weighted by Crippen LogP contribution is -2.35. The van der Waals surface area contributed by atoms with Gasteiger partial charge in [-0.2, -0.15) is 0 Å². The molecule has 120 valence electrons. The molecule has 1 atom stereocenters. The number of aromatic amines is 1. The molecule has 0 fully saturated rings. The van der Waals surface area contributed by atoms with E-state index in [2.05, 4.69) is 43.2 Å². The highest BCUT2D eigenvalue weighted by atomic mass is 16.3. The van der Waals surface area contributed by atoms with Crippen molar-refractivity contribution in [2.24, 2.45) is 5.92 Å². The van der Waals surface area contributed by atoms with Crippen molar-refractivity contribution in [1.29, 1.82) is 0 Å². The molecule has 1 aromatic carbocycles. The number of nitrogens with one attached hydrogen (secondary N) is 2. The van der Waals surface area contributed by atoms with E-state index in [1.54, 1.807) is 0 Å². The molecule has 1 amide bonds. The third-order valence-electron chi connectivity index (χ3n) is 4.09. The molecule has 0 saturated heterocycles. The Morgan fingerprint density at radius 3 is 2.59 bits per heavy atom. The highest BCUT2D eigenvalue weighted by Gasteiger charge is 2.17. The Morgan fingerprint density at radius 2 is 1.95 bits per heavy atom. The van der Waals surface area contributed by atoms with Crippen LogP contribution in [-0.2, 0) is 11.3 Å². The Balaban J connectivity index is 2.18. The van der Waals surface area contributed by atoms with Crippen molar-refractivity contribution in [1.82, 2.24) is 10.3 Å². The topological polar surface area (TPSA) is 65.1 Å². The number of aliphatic hydroxyl groups is 1. The molecule has 0 spiro atoms. The van der Waals surface area contributed by atoms with Gasteiger partial charge in [0.1, 0.15) is 6.10 Å². The summed E-state index contributed by atoms with van der Waals surface area (Å²) in [5, 5.41) is 13.9. The summed E-state index contributed by atoms with van der Waals surface area (Å²) in [6, 6.07) is 4.24. The maximum atomic E-state index is 12.0. The first-order chi connectivity index (χ1) is 10.3. The number of fused-ring (bicyclic) bond motifs is 1. The largest absolute Gasteiger partial charge is 0.383 e. The van der Waals surface area contributed by atoms with E-state index in [4.69, 9.17) is 0 Å². The number of aliphatic hydroxyl groups excluding tert-OH is 1. The quantitative estimate of drug-likeness (QED) is 0.794. The first kappa shape index (κ1) is 16.6. The van der Waals surface area contributed by atoms with Gasteiger partial charge in [0.05, 0.1) is 5.52 Å². The number of hydrogen-bond acceptors (Lipinski definition) is 2. The van der Waals surface area contributed by atoms with Crippen LogP contribution in [0.2, 0.25) is 0 Å². The fourth-order valence-corrected chi connectivity index (χ4v) is 2.78. The number of hydrogen-bond donors (Lipinski definition) is 3. The number of rotatable bonds is 5. The van der Waals surface area contributed by atoms with Crippen LogP contribution in [0, 0.1) is 26.7 Å². The van der Waals surface area contributed by atoms with Gasteiger partial charge in [0.25, 0.3) is 0 Å². The van der Waals surface area contributed by atoms with Gasteiger partial charge in [-0.15, -0.1) is 0 Å². The van der Waals surface area contributed by atoms with Crippen LogP contribution in [0.15, 0.2) is 12.1 Å². The van der Waals surface area contributed by atoms with Crippen LogP contribution >= 0.6 is 0 Å². The van der Waals surface area contributed by atoms with E-state index in [9.17, 15) is 9.90 Å². The Bertz CT molecular complexity index is 686. The van der Waals surface area contributed by atoms with Crippen LogP contribution in [0.5, 0.6) is 0 Å². The van der Waals surface area contributed by atoms with Gasteiger partial charge in [-0.1, -0.05) is 25.5 Å². The zero-order chi connectivity index (χ0) is 16.4. The first-order valence-electron chi connectivity index (χ1n) is 7.83. The molecule has 2 rings (SSSR count). The number of aryl methyl sites for hydroxylation is 3. The average Bonchev–Trinajstić information content (AvgIpc) is 2.71. The summed E-state index contributed by atoms with van der Waals surface area (Å²) in [6.45, 7) is 10.6. The van der Waals surface area contributed by atoms with E-state index in [0.29, 0.717) is 18.9 Å². The van der Waals surface area contributed by atoms with Crippen molar-refractivity contribution >= 4 is 16.8 Å². The van der Waals surface area contributed by atoms with Crippen molar-refractivity contribution < 1.29 is 9.90 Å². The lowest BCUT2D eigenvalue weighted by atomic mass is 10.0. The highest BCUT2D eigenvalue weighted by Crippen LogP contribution is 2.26. The van der Waals surface area contributed by atoms with Crippen LogP contribution in [0.25, 0.3) is 10.9 Å². The average molecular weight is 302 g/mol. The summed E-state index contributed by atoms with van der Waals surface area (Å²) in [4.78, 5) is 15.4. The summed E-state index contributed by atoms with van der Waals surface area (Å²) in [5.74, 6) is -0.0107. The Kier molecular flexibility index (Phi) is 4.91. The van der Waals surface area contributed by atoms with E-state index >= 15 is 0 Å². The molecular weight excluding hydrogens is 276 g/mol. The van der Waals surface area contributed by atoms with Gasteiger partial charge in [-0.3, -0.25) is 4.79 Å². The maximum Gasteiger partial charge on any atom is 0.249 e. The van der Waals surface area contributed by atoms with Gasteiger partial charge in [0.15, 0.2) is 0 Å². The Labute approximate surface area is 131 Å². The SMILES string of the molecule is Cc1cc(CNC(=O)[C@@H](O)CC(C)C)c2[nH]c(C)c(C)c2c1. The summed E-state index contributed by atoms with van der Waals surface area (Å²) < 4.78 is 0. The van der Waals surface area contributed by atoms with E-state index < -0.39 is 6.10 Å². The molecule has 22 heavy (non-hydrogen) atoms. The van der Waals surface area contributed by atoms with Gasteiger partial charge < -0.3 is 15.4 Å². The first-order valence-corrected chi connectivity index (χ1v) is 7.83. The lowest BCUT2D eigenvalue weighted by Gasteiger charge is -2.14. The predicted octanol–water partition coefficient (Wildman–Crippen LogP) is 3.12. The third kappa shape index (κ3) is 3.50. The van der Waals surface area contributed by atoms with Crippen LogP contribution in [0.3, 0.4) is 0 Å². The van der Waals surface area contributed by atoms with Gasteiger partial charge in [0.2, 0.25) is 5.91 Å². The standard InChI is InChI=1S/C18H26N2O2/c1-10(2)6-16(21)18(22)19-9-14-7-11(3)8-15-12(4)13(5)20-17(14)15/h7-8,10,16,20-21H,6,9H2,1-5H3,(H,19,22)/t16-/m0/s1. The van der Waals surface area contributed by atoms with Crippen LogP contribution in [-0.4, -0.2) is 22.1 Å². The predicted molar refractivity (Wildman–Crippen MR) is 89.8 cm³/mol. The lowest BCUT2D eigenvalue weighted by molar-refractivity contribution is -0.130. The minimum absolute atomic E-state index is 0.292. The zero-order valence-electron chi connectivity index (χ0n) is 14.1. The maximum absolute atomic E-state index is 12.0.